The maximum atomic E-state index is 5.32. The molecule has 1 aromatic heterocycles. The smallest absolute Gasteiger partial charge is 0.199 e. The van der Waals surface area contributed by atoms with Crippen molar-refractivity contribution >= 4 is 12.2 Å². The van der Waals surface area contributed by atoms with Gasteiger partial charge in [-0.15, -0.1) is 0 Å². The first-order valence-electron chi connectivity index (χ1n) is 6.94. The van der Waals surface area contributed by atoms with Crippen LogP contribution in [0.5, 0.6) is 0 Å². The fourth-order valence-corrected chi connectivity index (χ4v) is 2.43. The monoisotopic (exact) mass is 275 g/mol. The first-order valence-corrected chi connectivity index (χ1v) is 7.34. The van der Waals surface area contributed by atoms with Gasteiger partial charge >= 0.3 is 0 Å². The maximum Gasteiger partial charge on any atom is 0.199 e. The Balaban J connectivity index is 2.37. The molecule has 0 bridgehead atoms. The van der Waals surface area contributed by atoms with E-state index in [1.54, 1.807) is 0 Å². The molecular formula is C15H21N3S. The highest BCUT2D eigenvalue weighted by atomic mass is 32.1. The summed E-state index contributed by atoms with van der Waals surface area (Å²) in [5.41, 5.74) is 2.47. The Morgan fingerprint density at radius 2 is 1.95 bits per heavy atom. The molecule has 0 amide bonds. The number of nitrogens with zero attached hydrogens (tertiary/aromatic N) is 2. The van der Waals surface area contributed by atoms with Crippen LogP contribution in [0.2, 0.25) is 0 Å². The van der Waals surface area contributed by atoms with Gasteiger partial charge in [0.2, 0.25) is 0 Å². The first-order chi connectivity index (χ1) is 9.17. The third-order valence-corrected chi connectivity index (χ3v) is 3.82. The fourth-order valence-electron chi connectivity index (χ4n) is 2.17. The Morgan fingerprint density at radius 3 is 2.53 bits per heavy atom. The van der Waals surface area contributed by atoms with Crippen molar-refractivity contribution in [3.8, 4) is 5.69 Å². The van der Waals surface area contributed by atoms with Gasteiger partial charge in [0, 0.05) is 12.1 Å². The molecule has 1 atom stereocenters. The van der Waals surface area contributed by atoms with Gasteiger partial charge in [-0.1, -0.05) is 32.9 Å². The molecule has 0 radical (unpaired) electrons. The lowest BCUT2D eigenvalue weighted by Gasteiger charge is -2.11. The van der Waals surface area contributed by atoms with Crippen LogP contribution in [0.25, 0.3) is 5.69 Å². The maximum absolute atomic E-state index is 5.32. The van der Waals surface area contributed by atoms with Crippen molar-refractivity contribution in [3.05, 3.63) is 40.4 Å². The second-order valence-electron chi connectivity index (χ2n) is 4.93. The summed E-state index contributed by atoms with van der Waals surface area (Å²) in [4.78, 5) is 0. The highest BCUT2D eigenvalue weighted by molar-refractivity contribution is 7.71. The summed E-state index contributed by atoms with van der Waals surface area (Å²) >= 11 is 5.32. The van der Waals surface area contributed by atoms with Crippen LogP contribution in [0.15, 0.2) is 24.3 Å². The number of nitrogens with one attached hydrogen (secondary N) is 1. The summed E-state index contributed by atoms with van der Waals surface area (Å²) in [6.45, 7) is 6.61. The van der Waals surface area contributed by atoms with Gasteiger partial charge in [0.05, 0.1) is 0 Å². The highest BCUT2D eigenvalue weighted by Crippen LogP contribution is 2.21. The number of H-pyrrole nitrogens is 1. The van der Waals surface area contributed by atoms with Crippen LogP contribution in [0.1, 0.15) is 50.9 Å². The number of benzene rings is 1. The van der Waals surface area contributed by atoms with Gasteiger partial charge in [-0.05, 0) is 48.7 Å². The molecule has 0 saturated carbocycles. The zero-order valence-corrected chi connectivity index (χ0v) is 12.6. The number of aryl methyl sites for hydroxylation is 1. The van der Waals surface area contributed by atoms with E-state index in [-0.39, 0.29) is 0 Å². The molecule has 0 aliphatic rings. The third kappa shape index (κ3) is 2.95. The molecule has 1 aromatic carbocycles. The molecule has 3 nitrogen and oxygen atoms in total. The molecule has 0 aliphatic heterocycles. The Hall–Kier alpha value is -1.42. The number of rotatable bonds is 5. The Bertz CT molecular complexity index is 580. The average Bonchev–Trinajstić information content (AvgIpc) is 2.80. The average molecular weight is 275 g/mol. The molecule has 1 N–H and O–H groups in total. The van der Waals surface area contributed by atoms with E-state index in [4.69, 9.17) is 12.2 Å². The van der Waals surface area contributed by atoms with Gasteiger partial charge in [0.25, 0.3) is 0 Å². The number of hydrogen-bond donors (Lipinski definition) is 1. The molecule has 2 rings (SSSR count). The molecule has 0 unspecified atom stereocenters. The number of hydrogen-bond acceptors (Lipinski definition) is 2. The molecule has 19 heavy (non-hydrogen) atoms. The Kier molecular flexibility index (Phi) is 4.53. The van der Waals surface area contributed by atoms with E-state index >= 15 is 0 Å². The van der Waals surface area contributed by atoms with Gasteiger partial charge in [-0.3, -0.25) is 9.67 Å². The minimum atomic E-state index is 0.599. The van der Waals surface area contributed by atoms with Gasteiger partial charge < -0.3 is 0 Å². The molecule has 0 saturated heterocycles. The summed E-state index contributed by atoms with van der Waals surface area (Å²) < 4.78 is 2.69. The molecule has 2 aromatic rings. The van der Waals surface area contributed by atoms with Crippen LogP contribution in [0.4, 0.5) is 0 Å². The van der Waals surface area contributed by atoms with Crippen molar-refractivity contribution in [2.75, 3.05) is 0 Å². The van der Waals surface area contributed by atoms with E-state index in [1.165, 1.54) is 5.56 Å². The summed E-state index contributed by atoms with van der Waals surface area (Å²) in [7, 11) is 0. The first kappa shape index (κ1) is 14.0. The van der Waals surface area contributed by atoms with E-state index in [0.717, 1.165) is 30.8 Å². The minimum Gasteiger partial charge on any atom is -0.272 e. The summed E-state index contributed by atoms with van der Waals surface area (Å²) in [5.74, 6) is 1.60. The lowest BCUT2D eigenvalue weighted by molar-refractivity contribution is 0.732. The third-order valence-electron chi connectivity index (χ3n) is 3.55. The van der Waals surface area contributed by atoms with Gasteiger partial charge in [-0.2, -0.15) is 5.10 Å². The van der Waals surface area contributed by atoms with Crippen molar-refractivity contribution in [1.29, 1.82) is 0 Å². The van der Waals surface area contributed by atoms with Crippen LogP contribution < -0.4 is 0 Å². The molecule has 0 spiro atoms. The quantitative estimate of drug-likeness (QED) is 0.821. The largest absolute Gasteiger partial charge is 0.272 e. The minimum absolute atomic E-state index is 0.599. The van der Waals surface area contributed by atoms with Crippen molar-refractivity contribution < 1.29 is 0 Å². The summed E-state index contributed by atoms with van der Waals surface area (Å²) in [6, 6.07) is 8.64. The Labute approximate surface area is 119 Å². The number of aromatic amines is 1. The zero-order chi connectivity index (χ0) is 13.8. The predicted molar refractivity (Wildman–Crippen MR) is 81.4 cm³/mol. The van der Waals surface area contributed by atoms with Crippen molar-refractivity contribution in [1.82, 2.24) is 14.8 Å². The van der Waals surface area contributed by atoms with Crippen LogP contribution in [0.3, 0.4) is 0 Å². The number of aromatic nitrogens is 3. The molecule has 0 fully saturated rings. The van der Waals surface area contributed by atoms with Crippen LogP contribution in [-0.4, -0.2) is 14.8 Å². The second kappa shape index (κ2) is 6.15. The van der Waals surface area contributed by atoms with Crippen LogP contribution in [-0.2, 0) is 6.42 Å². The lowest BCUT2D eigenvalue weighted by Crippen LogP contribution is -2.02. The van der Waals surface area contributed by atoms with Crippen molar-refractivity contribution in [2.45, 2.75) is 46.0 Å². The van der Waals surface area contributed by atoms with Crippen molar-refractivity contribution in [2.24, 2.45) is 0 Å². The standard InChI is InChI=1S/C15H21N3S/c1-4-6-14-16-17-15(19)18(14)13-9-7-12(8-10-13)11(3)5-2/h7-11H,4-6H2,1-3H3,(H,17,19)/t11-/m1/s1. The summed E-state index contributed by atoms with van der Waals surface area (Å²) in [5, 5.41) is 7.19. The zero-order valence-electron chi connectivity index (χ0n) is 11.8. The normalized spacial score (nSPS) is 12.6. The fraction of sp³-hybridized carbons (Fsp3) is 0.467. The highest BCUT2D eigenvalue weighted by Gasteiger charge is 2.08. The van der Waals surface area contributed by atoms with Crippen LogP contribution >= 0.6 is 12.2 Å². The molecule has 1 heterocycles. The van der Waals surface area contributed by atoms with Gasteiger partial charge in [0.15, 0.2) is 4.77 Å². The van der Waals surface area contributed by atoms with Crippen molar-refractivity contribution in [3.63, 3.8) is 0 Å². The van der Waals surface area contributed by atoms with Gasteiger partial charge in [0.1, 0.15) is 5.82 Å². The second-order valence-corrected chi connectivity index (χ2v) is 5.32. The molecular weight excluding hydrogens is 254 g/mol. The molecule has 0 aliphatic carbocycles. The van der Waals surface area contributed by atoms with E-state index in [9.17, 15) is 0 Å². The SMILES string of the molecule is CCCc1n[nH]c(=S)n1-c1ccc([C@H](C)CC)cc1. The Morgan fingerprint density at radius 1 is 1.26 bits per heavy atom. The predicted octanol–water partition coefficient (Wildman–Crippen LogP) is 4.40. The molecule has 102 valence electrons. The lowest BCUT2D eigenvalue weighted by atomic mass is 9.98. The van der Waals surface area contributed by atoms with Crippen LogP contribution in [0, 0.1) is 4.77 Å². The summed E-state index contributed by atoms with van der Waals surface area (Å²) in [6.07, 6.45) is 3.15. The van der Waals surface area contributed by atoms with E-state index in [1.807, 2.05) is 4.57 Å². The van der Waals surface area contributed by atoms with E-state index in [0.29, 0.717) is 10.7 Å². The topological polar surface area (TPSA) is 33.6 Å². The molecule has 4 heteroatoms. The van der Waals surface area contributed by atoms with E-state index in [2.05, 4.69) is 55.2 Å². The van der Waals surface area contributed by atoms with E-state index < -0.39 is 0 Å². The van der Waals surface area contributed by atoms with Gasteiger partial charge in [-0.25, -0.2) is 0 Å².